The van der Waals surface area contributed by atoms with Gasteiger partial charge in [0, 0.05) is 19.6 Å². The molecule has 0 bridgehead atoms. The lowest BCUT2D eigenvalue weighted by atomic mass is 10.0. The summed E-state index contributed by atoms with van der Waals surface area (Å²) in [5.41, 5.74) is 0. The molecule has 1 amide bonds. The highest BCUT2D eigenvalue weighted by atomic mass is 35.5. The number of methoxy groups -OCH3 is 1. The average molecular weight is 307 g/mol. The summed E-state index contributed by atoms with van der Waals surface area (Å²) in [6.07, 6.45) is 2.86. The first-order valence-electron chi connectivity index (χ1n) is 6.92. The molecule has 2 aliphatic rings. The van der Waals surface area contributed by atoms with Crippen LogP contribution in [-0.4, -0.2) is 62.3 Å². The second-order valence-electron chi connectivity index (χ2n) is 5.02. The number of hydrogen-bond donors (Lipinski definition) is 1. The van der Waals surface area contributed by atoms with Gasteiger partial charge in [0.2, 0.25) is 5.91 Å². The fourth-order valence-electron chi connectivity index (χ4n) is 2.67. The van der Waals surface area contributed by atoms with Gasteiger partial charge in [-0.05, 0) is 19.3 Å². The van der Waals surface area contributed by atoms with Crippen LogP contribution in [0.3, 0.4) is 0 Å². The molecule has 0 spiro atoms. The fraction of sp³-hybridized carbons (Fsp3) is 0.846. The predicted octanol–water partition coefficient (Wildman–Crippen LogP) is 0.341. The van der Waals surface area contributed by atoms with Crippen molar-refractivity contribution in [2.75, 3.05) is 33.4 Å². The highest BCUT2D eigenvalue weighted by Crippen LogP contribution is 2.20. The molecule has 2 atom stereocenters. The van der Waals surface area contributed by atoms with Crippen LogP contribution in [0.15, 0.2) is 0 Å². The van der Waals surface area contributed by atoms with E-state index >= 15 is 0 Å². The van der Waals surface area contributed by atoms with E-state index in [1.807, 2.05) is 0 Å². The highest BCUT2D eigenvalue weighted by Gasteiger charge is 2.33. The Kier molecular flexibility index (Phi) is 7.26. The van der Waals surface area contributed by atoms with E-state index in [1.165, 1.54) is 7.11 Å². The molecule has 2 fully saturated rings. The Morgan fingerprint density at radius 3 is 2.85 bits per heavy atom. The number of nitrogens with zero attached hydrogens (tertiary/aromatic N) is 1. The number of nitrogens with one attached hydrogen (secondary N) is 1. The van der Waals surface area contributed by atoms with Crippen LogP contribution in [0.1, 0.15) is 25.7 Å². The summed E-state index contributed by atoms with van der Waals surface area (Å²) in [5, 5.41) is 3.20. The Balaban J connectivity index is 0.00000200. The van der Waals surface area contributed by atoms with Gasteiger partial charge in [0.05, 0.1) is 26.2 Å². The van der Waals surface area contributed by atoms with E-state index in [0.29, 0.717) is 32.5 Å². The van der Waals surface area contributed by atoms with Crippen molar-refractivity contribution >= 4 is 24.3 Å². The number of esters is 1. The third-order valence-corrected chi connectivity index (χ3v) is 3.70. The largest absolute Gasteiger partial charge is 0.467 e. The summed E-state index contributed by atoms with van der Waals surface area (Å²) in [5.74, 6) is -0.320. The number of halogens is 1. The minimum Gasteiger partial charge on any atom is -0.467 e. The normalized spacial score (nSPS) is 26.6. The molecule has 1 N–H and O–H groups in total. The smallest absolute Gasteiger partial charge is 0.328 e. The van der Waals surface area contributed by atoms with Gasteiger partial charge >= 0.3 is 5.97 Å². The molecule has 2 rings (SSSR count). The summed E-state index contributed by atoms with van der Waals surface area (Å²) in [6, 6.07) is -0.414. The number of carbonyl (C=O) groups excluding carboxylic acids is 2. The first-order valence-corrected chi connectivity index (χ1v) is 6.92. The lowest BCUT2D eigenvalue weighted by Crippen LogP contribution is -2.50. The zero-order valence-electron chi connectivity index (χ0n) is 11.8. The second kappa shape index (κ2) is 8.44. The summed E-state index contributed by atoms with van der Waals surface area (Å²) in [6.45, 7) is 2.80. The maximum Gasteiger partial charge on any atom is 0.328 e. The summed E-state index contributed by atoms with van der Waals surface area (Å²) in [4.78, 5) is 25.7. The van der Waals surface area contributed by atoms with Gasteiger partial charge in [0.15, 0.2) is 0 Å². The number of morpholine rings is 1. The van der Waals surface area contributed by atoms with Crippen molar-refractivity contribution in [3.8, 4) is 0 Å². The molecule has 0 aromatic rings. The molecule has 6 nitrogen and oxygen atoms in total. The zero-order chi connectivity index (χ0) is 13.7. The molecule has 0 radical (unpaired) electrons. The van der Waals surface area contributed by atoms with Crippen LogP contribution < -0.4 is 5.32 Å². The van der Waals surface area contributed by atoms with Gasteiger partial charge in [0.25, 0.3) is 0 Å². The number of likely N-dealkylation sites (tertiary alicyclic amines) is 1. The van der Waals surface area contributed by atoms with Gasteiger partial charge < -0.3 is 19.7 Å². The third-order valence-electron chi connectivity index (χ3n) is 3.70. The summed E-state index contributed by atoms with van der Waals surface area (Å²) >= 11 is 0. The monoisotopic (exact) mass is 306 g/mol. The molecule has 116 valence electrons. The van der Waals surface area contributed by atoms with Gasteiger partial charge in [-0.1, -0.05) is 0 Å². The molecule has 2 saturated heterocycles. The molecule has 2 aliphatic heterocycles. The van der Waals surface area contributed by atoms with Crippen LogP contribution >= 0.6 is 12.4 Å². The fourth-order valence-corrected chi connectivity index (χ4v) is 2.67. The van der Waals surface area contributed by atoms with Crippen molar-refractivity contribution < 1.29 is 19.1 Å². The van der Waals surface area contributed by atoms with Crippen molar-refractivity contribution in [1.29, 1.82) is 0 Å². The third kappa shape index (κ3) is 4.33. The highest BCUT2D eigenvalue weighted by molar-refractivity contribution is 5.85. The van der Waals surface area contributed by atoms with Crippen LogP contribution in [-0.2, 0) is 19.1 Å². The van der Waals surface area contributed by atoms with Crippen LogP contribution in [0.4, 0.5) is 0 Å². The Morgan fingerprint density at radius 1 is 1.40 bits per heavy atom. The van der Waals surface area contributed by atoms with E-state index in [4.69, 9.17) is 9.47 Å². The molecule has 2 heterocycles. The lowest BCUT2D eigenvalue weighted by molar-refractivity contribution is -0.155. The van der Waals surface area contributed by atoms with E-state index in [2.05, 4.69) is 5.32 Å². The van der Waals surface area contributed by atoms with Crippen LogP contribution in [0.25, 0.3) is 0 Å². The Hall–Kier alpha value is -0.850. The van der Waals surface area contributed by atoms with Crippen molar-refractivity contribution in [3.05, 3.63) is 0 Å². The summed E-state index contributed by atoms with van der Waals surface area (Å²) < 4.78 is 10.3. The molecule has 0 aromatic heterocycles. The average Bonchev–Trinajstić information content (AvgIpc) is 2.47. The first kappa shape index (κ1) is 17.2. The minimum atomic E-state index is -0.414. The number of carbonyl (C=O) groups is 2. The molecule has 0 aromatic carbocycles. The maximum absolute atomic E-state index is 12.3. The van der Waals surface area contributed by atoms with Crippen molar-refractivity contribution in [1.82, 2.24) is 10.2 Å². The second-order valence-corrected chi connectivity index (χ2v) is 5.02. The van der Waals surface area contributed by atoms with E-state index in [1.54, 1.807) is 4.90 Å². The van der Waals surface area contributed by atoms with Crippen LogP contribution in [0.5, 0.6) is 0 Å². The SMILES string of the molecule is COC(=O)C1CCCCN1C(=O)CC1CNCCO1.Cl. The predicted molar refractivity (Wildman–Crippen MR) is 75.8 cm³/mol. The molecule has 7 heteroatoms. The molecular weight excluding hydrogens is 284 g/mol. The number of amides is 1. The van der Waals surface area contributed by atoms with Gasteiger partial charge in [-0.25, -0.2) is 4.79 Å². The van der Waals surface area contributed by atoms with E-state index in [-0.39, 0.29) is 30.4 Å². The quantitative estimate of drug-likeness (QED) is 0.762. The van der Waals surface area contributed by atoms with E-state index < -0.39 is 6.04 Å². The van der Waals surface area contributed by atoms with Crippen molar-refractivity contribution in [2.24, 2.45) is 0 Å². The number of hydrogen-bond acceptors (Lipinski definition) is 5. The van der Waals surface area contributed by atoms with E-state index in [0.717, 1.165) is 19.4 Å². The maximum atomic E-state index is 12.3. The van der Waals surface area contributed by atoms with Crippen LogP contribution in [0.2, 0.25) is 0 Å². The molecule has 0 aliphatic carbocycles. The molecular formula is C13H23ClN2O4. The Labute approximate surface area is 125 Å². The molecule has 20 heavy (non-hydrogen) atoms. The number of rotatable bonds is 3. The van der Waals surface area contributed by atoms with Gasteiger partial charge in [-0.3, -0.25) is 4.79 Å². The molecule has 0 saturated carbocycles. The van der Waals surface area contributed by atoms with E-state index in [9.17, 15) is 9.59 Å². The standard InChI is InChI=1S/C13H22N2O4.ClH/c1-18-13(17)11-4-2-3-6-15(11)12(16)8-10-9-14-5-7-19-10;/h10-11,14H,2-9H2,1H3;1H. The minimum absolute atomic E-state index is 0. The number of piperidine rings is 1. The molecule has 2 unspecified atom stereocenters. The van der Waals surface area contributed by atoms with Gasteiger partial charge in [-0.15, -0.1) is 12.4 Å². The lowest BCUT2D eigenvalue weighted by Gasteiger charge is -2.35. The summed E-state index contributed by atoms with van der Waals surface area (Å²) in [7, 11) is 1.37. The first-order chi connectivity index (χ1) is 9.22. The Bertz CT molecular complexity index is 334. The van der Waals surface area contributed by atoms with Crippen molar-refractivity contribution in [2.45, 2.75) is 37.8 Å². The topological polar surface area (TPSA) is 67.9 Å². The van der Waals surface area contributed by atoms with Gasteiger partial charge in [0.1, 0.15) is 6.04 Å². The Morgan fingerprint density at radius 2 is 2.20 bits per heavy atom. The van der Waals surface area contributed by atoms with Gasteiger partial charge in [-0.2, -0.15) is 0 Å². The van der Waals surface area contributed by atoms with Crippen LogP contribution in [0, 0.1) is 0 Å². The zero-order valence-corrected chi connectivity index (χ0v) is 12.6. The number of ether oxygens (including phenoxy) is 2. The van der Waals surface area contributed by atoms with Crippen molar-refractivity contribution in [3.63, 3.8) is 0 Å².